The zero-order chi connectivity index (χ0) is 17.6. The molecule has 0 spiro atoms. The largest absolute Gasteiger partial charge is 0.379 e. The van der Waals surface area contributed by atoms with E-state index in [0.29, 0.717) is 39.5 Å². The normalized spacial score (nSPS) is 12.1. The summed E-state index contributed by atoms with van der Waals surface area (Å²) in [6.07, 6.45) is 3.73. The van der Waals surface area contributed by atoms with Crippen LogP contribution in [0.3, 0.4) is 0 Å². The number of Topliss-reactive ketones (excluding diaryl/α,β-unsaturated/α-hetero) is 1. The lowest BCUT2D eigenvalue weighted by Crippen LogP contribution is -2.36. The van der Waals surface area contributed by atoms with E-state index in [1.165, 1.54) is 0 Å². The van der Waals surface area contributed by atoms with Crippen molar-refractivity contribution in [2.45, 2.75) is 72.0 Å². The number of hydrogen-bond donors (Lipinski definition) is 0. The van der Waals surface area contributed by atoms with Gasteiger partial charge in [0.2, 0.25) is 0 Å². The van der Waals surface area contributed by atoms with Gasteiger partial charge < -0.3 is 18.9 Å². The summed E-state index contributed by atoms with van der Waals surface area (Å²) in [5.74, 6) is 0.150. The molecule has 0 heterocycles. The lowest BCUT2D eigenvalue weighted by Gasteiger charge is -2.24. The van der Waals surface area contributed by atoms with Gasteiger partial charge in [-0.1, -0.05) is 6.42 Å². The fourth-order valence-corrected chi connectivity index (χ4v) is 1.98. The first-order valence-corrected chi connectivity index (χ1v) is 8.84. The summed E-state index contributed by atoms with van der Waals surface area (Å²) >= 11 is 0. The maximum atomic E-state index is 12.2. The van der Waals surface area contributed by atoms with E-state index < -0.39 is 5.60 Å². The van der Waals surface area contributed by atoms with Gasteiger partial charge in [0.1, 0.15) is 5.60 Å². The van der Waals surface area contributed by atoms with Crippen molar-refractivity contribution in [1.29, 1.82) is 0 Å². The molecule has 0 saturated heterocycles. The van der Waals surface area contributed by atoms with Crippen LogP contribution in [-0.2, 0) is 23.7 Å². The minimum Gasteiger partial charge on any atom is -0.379 e. The summed E-state index contributed by atoms with van der Waals surface area (Å²) < 4.78 is 21.7. The van der Waals surface area contributed by atoms with E-state index in [-0.39, 0.29) is 11.9 Å². The molecule has 0 unspecified atom stereocenters. The lowest BCUT2D eigenvalue weighted by molar-refractivity contribution is -0.142. The molecule has 0 atom stereocenters. The minimum atomic E-state index is -0.738. The van der Waals surface area contributed by atoms with Crippen LogP contribution < -0.4 is 0 Å². The monoisotopic (exact) mass is 332 g/mol. The predicted molar refractivity (Wildman–Crippen MR) is 91.9 cm³/mol. The van der Waals surface area contributed by atoms with Crippen molar-refractivity contribution in [1.82, 2.24) is 0 Å². The number of ether oxygens (including phenoxy) is 4. The Labute approximate surface area is 142 Å². The topological polar surface area (TPSA) is 54.0 Å². The molecule has 5 nitrogen and oxygen atoms in total. The van der Waals surface area contributed by atoms with E-state index in [9.17, 15) is 4.79 Å². The Morgan fingerprint density at radius 3 is 2.22 bits per heavy atom. The van der Waals surface area contributed by atoms with Crippen molar-refractivity contribution < 1.29 is 23.7 Å². The Balaban J connectivity index is 3.63. The third kappa shape index (κ3) is 13.6. The van der Waals surface area contributed by atoms with Gasteiger partial charge in [0.25, 0.3) is 0 Å². The first-order chi connectivity index (χ1) is 10.9. The van der Waals surface area contributed by atoms with E-state index in [4.69, 9.17) is 18.9 Å². The molecular weight excluding hydrogens is 296 g/mol. The highest BCUT2D eigenvalue weighted by Crippen LogP contribution is 2.15. The van der Waals surface area contributed by atoms with E-state index >= 15 is 0 Å². The zero-order valence-corrected chi connectivity index (χ0v) is 15.7. The molecule has 0 aliphatic rings. The molecule has 0 aromatic heterocycles. The van der Waals surface area contributed by atoms with Gasteiger partial charge in [0, 0.05) is 19.6 Å². The van der Waals surface area contributed by atoms with Crippen LogP contribution in [0.15, 0.2) is 0 Å². The van der Waals surface area contributed by atoms with Gasteiger partial charge in [-0.2, -0.15) is 0 Å². The molecule has 5 heteroatoms. The number of rotatable bonds is 16. The summed E-state index contributed by atoms with van der Waals surface area (Å²) in [7, 11) is 0. The second-order valence-electron chi connectivity index (χ2n) is 6.32. The molecule has 0 amide bonds. The standard InChI is InChI=1S/C18H36O5/c1-6-20-12-13-21-14-15-23-18(4,5)17(19)10-8-7-9-11-22-16(2)3/h16H,6-15H2,1-5H3. The van der Waals surface area contributed by atoms with Gasteiger partial charge in [0.15, 0.2) is 5.78 Å². The molecule has 23 heavy (non-hydrogen) atoms. The Hall–Kier alpha value is -0.490. The predicted octanol–water partition coefficient (Wildman–Crippen LogP) is 3.39. The van der Waals surface area contributed by atoms with Crippen molar-refractivity contribution in [2.24, 2.45) is 0 Å². The molecular formula is C18H36O5. The highest BCUT2D eigenvalue weighted by atomic mass is 16.6. The average Bonchev–Trinajstić information content (AvgIpc) is 2.49. The number of ketones is 1. The van der Waals surface area contributed by atoms with Gasteiger partial charge in [-0.15, -0.1) is 0 Å². The van der Waals surface area contributed by atoms with Gasteiger partial charge in [-0.25, -0.2) is 0 Å². The Morgan fingerprint density at radius 2 is 1.57 bits per heavy atom. The molecule has 0 fully saturated rings. The zero-order valence-electron chi connectivity index (χ0n) is 15.7. The van der Waals surface area contributed by atoms with Crippen molar-refractivity contribution >= 4 is 5.78 Å². The second kappa shape index (κ2) is 13.9. The minimum absolute atomic E-state index is 0.150. The summed E-state index contributed by atoms with van der Waals surface area (Å²) in [4.78, 5) is 12.2. The molecule has 0 aliphatic carbocycles. The van der Waals surface area contributed by atoms with Gasteiger partial charge in [-0.3, -0.25) is 4.79 Å². The lowest BCUT2D eigenvalue weighted by atomic mass is 9.98. The first kappa shape index (κ1) is 22.5. The van der Waals surface area contributed by atoms with E-state index in [1.54, 1.807) is 0 Å². The van der Waals surface area contributed by atoms with Crippen LogP contribution in [0, 0.1) is 0 Å². The highest BCUT2D eigenvalue weighted by Gasteiger charge is 2.27. The Bertz CT molecular complexity index is 289. The number of carbonyl (C=O) groups excluding carboxylic acids is 1. The fourth-order valence-electron chi connectivity index (χ4n) is 1.98. The summed E-state index contributed by atoms with van der Waals surface area (Å²) in [6, 6.07) is 0. The van der Waals surface area contributed by atoms with Crippen molar-refractivity contribution in [3.8, 4) is 0 Å². The van der Waals surface area contributed by atoms with E-state index in [2.05, 4.69) is 0 Å². The van der Waals surface area contributed by atoms with Crippen LogP contribution in [-0.4, -0.2) is 57.1 Å². The summed E-state index contributed by atoms with van der Waals surface area (Å²) in [5.41, 5.74) is -0.738. The molecule has 0 rings (SSSR count). The Kier molecular flexibility index (Phi) is 13.6. The second-order valence-corrected chi connectivity index (χ2v) is 6.32. The third-order valence-corrected chi connectivity index (χ3v) is 3.44. The summed E-state index contributed by atoms with van der Waals surface area (Å²) in [5, 5.41) is 0. The molecule has 0 aromatic rings. The smallest absolute Gasteiger partial charge is 0.164 e. The van der Waals surface area contributed by atoms with Crippen molar-refractivity contribution in [2.75, 3.05) is 39.6 Å². The molecule has 0 saturated carbocycles. The molecule has 0 aliphatic heterocycles. The van der Waals surface area contributed by atoms with Crippen LogP contribution in [0.25, 0.3) is 0 Å². The SMILES string of the molecule is CCOCCOCCOC(C)(C)C(=O)CCCCCOC(C)C. The van der Waals surface area contributed by atoms with Crippen molar-refractivity contribution in [3.63, 3.8) is 0 Å². The highest BCUT2D eigenvalue weighted by molar-refractivity contribution is 5.86. The van der Waals surface area contributed by atoms with Crippen molar-refractivity contribution in [3.05, 3.63) is 0 Å². The molecule has 0 radical (unpaired) electrons. The summed E-state index contributed by atoms with van der Waals surface area (Å²) in [6.45, 7) is 13.2. The first-order valence-electron chi connectivity index (χ1n) is 8.84. The number of carbonyl (C=O) groups is 1. The van der Waals surface area contributed by atoms with E-state index in [0.717, 1.165) is 25.9 Å². The number of hydrogen-bond acceptors (Lipinski definition) is 5. The fraction of sp³-hybridized carbons (Fsp3) is 0.944. The molecule has 0 N–H and O–H groups in total. The van der Waals surface area contributed by atoms with Crippen LogP contribution in [0.5, 0.6) is 0 Å². The number of unbranched alkanes of at least 4 members (excludes halogenated alkanes) is 2. The van der Waals surface area contributed by atoms with Crippen LogP contribution in [0.1, 0.15) is 60.3 Å². The van der Waals surface area contributed by atoms with Crippen LogP contribution in [0.2, 0.25) is 0 Å². The molecule has 0 aromatic carbocycles. The van der Waals surface area contributed by atoms with Gasteiger partial charge in [0.05, 0.1) is 32.5 Å². The van der Waals surface area contributed by atoms with E-state index in [1.807, 2.05) is 34.6 Å². The molecule has 0 bridgehead atoms. The maximum Gasteiger partial charge on any atom is 0.164 e. The maximum absolute atomic E-state index is 12.2. The molecule has 138 valence electrons. The van der Waals surface area contributed by atoms with Crippen LogP contribution in [0.4, 0.5) is 0 Å². The third-order valence-electron chi connectivity index (χ3n) is 3.44. The Morgan fingerprint density at radius 1 is 0.913 bits per heavy atom. The quantitative estimate of drug-likeness (QED) is 0.406. The van der Waals surface area contributed by atoms with Gasteiger partial charge >= 0.3 is 0 Å². The van der Waals surface area contributed by atoms with Crippen LogP contribution >= 0.6 is 0 Å². The average molecular weight is 332 g/mol. The van der Waals surface area contributed by atoms with Gasteiger partial charge in [-0.05, 0) is 47.5 Å².